The number of carbonyl (C=O) groups is 1. The van der Waals surface area contributed by atoms with Crippen LogP contribution < -0.4 is 5.32 Å². The van der Waals surface area contributed by atoms with Gasteiger partial charge in [-0.15, -0.1) is 11.3 Å². The Balaban J connectivity index is 2.18. The summed E-state index contributed by atoms with van der Waals surface area (Å²) in [5, 5.41) is 2.97. The van der Waals surface area contributed by atoms with Gasteiger partial charge in [-0.05, 0) is 26.0 Å². The molecule has 0 aliphatic carbocycles. The van der Waals surface area contributed by atoms with Gasteiger partial charge in [0, 0.05) is 30.2 Å². The summed E-state index contributed by atoms with van der Waals surface area (Å²) >= 11 is 1.57. The quantitative estimate of drug-likeness (QED) is 0.939. The number of pyridine rings is 1. The van der Waals surface area contributed by atoms with Crippen LogP contribution in [-0.4, -0.2) is 34.9 Å². The molecule has 1 N–H and O–H groups in total. The van der Waals surface area contributed by atoms with Crippen molar-refractivity contribution in [1.29, 1.82) is 0 Å². The number of aromatic nitrogens is 2. The summed E-state index contributed by atoms with van der Waals surface area (Å²) in [6, 6.07) is 3.57. The molecule has 0 radical (unpaired) electrons. The highest BCUT2D eigenvalue weighted by Crippen LogP contribution is 2.17. The van der Waals surface area contributed by atoms with Gasteiger partial charge < -0.3 is 10.2 Å². The lowest BCUT2D eigenvalue weighted by atomic mass is 10.2. The Morgan fingerprint density at radius 3 is 2.75 bits per heavy atom. The minimum Gasteiger partial charge on any atom is -0.373 e. The van der Waals surface area contributed by atoms with E-state index in [2.05, 4.69) is 15.3 Å². The summed E-state index contributed by atoms with van der Waals surface area (Å²) in [6.45, 7) is 4.41. The second kappa shape index (κ2) is 6.00. The van der Waals surface area contributed by atoms with Gasteiger partial charge in [-0.1, -0.05) is 0 Å². The Morgan fingerprint density at radius 1 is 1.40 bits per heavy atom. The SMILES string of the molecule is CNc1cc(C(=O)N(C)Cc2scnc2C)cc(C)n1. The van der Waals surface area contributed by atoms with Crippen LogP contribution in [0.1, 0.15) is 26.6 Å². The molecule has 20 heavy (non-hydrogen) atoms. The Hall–Kier alpha value is -1.95. The number of thiazole rings is 1. The topological polar surface area (TPSA) is 58.1 Å². The maximum absolute atomic E-state index is 12.5. The Morgan fingerprint density at radius 2 is 2.15 bits per heavy atom. The van der Waals surface area contributed by atoms with E-state index in [-0.39, 0.29) is 5.91 Å². The number of amides is 1. The zero-order valence-corrected chi connectivity index (χ0v) is 12.9. The highest BCUT2D eigenvalue weighted by molar-refractivity contribution is 7.09. The van der Waals surface area contributed by atoms with Gasteiger partial charge in [-0.25, -0.2) is 9.97 Å². The van der Waals surface area contributed by atoms with Crippen molar-refractivity contribution in [2.24, 2.45) is 0 Å². The first-order valence-electron chi connectivity index (χ1n) is 6.32. The van der Waals surface area contributed by atoms with E-state index < -0.39 is 0 Å². The van der Waals surface area contributed by atoms with E-state index in [0.717, 1.165) is 16.3 Å². The predicted octanol–water partition coefficient (Wildman–Crippen LogP) is 2.47. The first-order chi connectivity index (χ1) is 9.51. The van der Waals surface area contributed by atoms with Crippen LogP contribution in [-0.2, 0) is 6.54 Å². The number of rotatable bonds is 4. The molecule has 2 aromatic heterocycles. The van der Waals surface area contributed by atoms with Crippen molar-refractivity contribution in [2.75, 3.05) is 19.4 Å². The van der Waals surface area contributed by atoms with Gasteiger partial charge in [-0.3, -0.25) is 4.79 Å². The molecule has 2 aromatic rings. The van der Waals surface area contributed by atoms with Crippen molar-refractivity contribution >= 4 is 23.1 Å². The molecular formula is C14H18N4OS. The molecule has 2 rings (SSSR count). The van der Waals surface area contributed by atoms with Gasteiger partial charge >= 0.3 is 0 Å². The Labute approximate surface area is 122 Å². The molecule has 0 saturated carbocycles. The number of hydrogen-bond acceptors (Lipinski definition) is 5. The summed E-state index contributed by atoms with van der Waals surface area (Å²) in [4.78, 5) is 23.8. The molecule has 0 aliphatic rings. The van der Waals surface area contributed by atoms with E-state index in [9.17, 15) is 4.79 Å². The van der Waals surface area contributed by atoms with Crippen molar-refractivity contribution in [2.45, 2.75) is 20.4 Å². The third-order valence-electron chi connectivity index (χ3n) is 3.03. The molecule has 2 heterocycles. The highest BCUT2D eigenvalue weighted by Gasteiger charge is 2.15. The fraction of sp³-hybridized carbons (Fsp3) is 0.357. The lowest BCUT2D eigenvalue weighted by Gasteiger charge is -2.17. The van der Waals surface area contributed by atoms with Gasteiger partial charge in [0.1, 0.15) is 5.82 Å². The van der Waals surface area contributed by atoms with Crippen molar-refractivity contribution < 1.29 is 4.79 Å². The zero-order chi connectivity index (χ0) is 14.7. The van der Waals surface area contributed by atoms with Crippen LogP contribution in [0.25, 0.3) is 0 Å². The van der Waals surface area contributed by atoms with E-state index >= 15 is 0 Å². The van der Waals surface area contributed by atoms with Crippen LogP contribution in [0.15, 0.2) is 17.6 Å². The standard InChI is InChI=1S/C14H18N4OS/c1-9-5-11(6-13(15-3)17-9)14(19)18(4)7-12-10(2)16-8-20-12/h5-6,8H,7H2,1-4H3,(H,15,17). The Bertz CT molecular complexity index is 623. The van der Waals surface area contributed by atoms with E-state index in [1.165, 1.54) is 0 Å². The molecule has 1 amide bonds. The molecule has 6 heteroatoms. The van der Waals surface area contributed by atoms with Gasteiger partial charge in [0.25, 0.3) is 5.91 Å². The summed E-state index contributed by atoms with van der Waals surface area (Å²) < 4.78 is 0. The fourth-order valence-electron chi connectivity index (χ4n) is 1.91. The maximum atomic E-state index is 12.5. The summed E-state index contributed by atoms with van der Waals surface area (Å²) in [5.74, 6) is 0.690. The van der Waals surface area contributed by atoms with Crippen LogP contribution in [0.2, 0.25) is 0 Å². The summed E-state index contributed by atoms with van der Waals surface area (Å²) in [7, 11) is 3.59. The molecule has 0 bridgehead atoms. The molecule has 0 unspecified atom stereocenters. The smallest absolute Gasteiger partial charge is 0.254 e. The highest BCUT2D eigenvalue weighted by atomic mass is 32.1. The van der Waals surface area contributed by atoms with Crippen molar-refractivity contribution in [3.05, 3.63) is 39.5 Å². The maximum Gasteiger partial charge on any atom is 0.254 e. The predicted molar refractivity (Wildman–Crippen MR) is 81.2 cm³/mol. The minimum atomic E-state index is -0.0141. The van der Waals surface area contributed by atoms with E-state index in [4.69, 9.17) is 0 Å². The van der Waals surface area contributed by atoms with Gasteiger partial charge in [0.2, 0.25) is 0 Å². The normalized spacial score (nSPS) is 10.4. The average molecular weight is 290 g/mol. The number of anilines is 1. The lowest BCUT2D eigenvalue weighted by molar-refractivity contribution is 0.0786. The summed E-state index contributed by atoms with van der Waals surface area (Å²) in [5.41, 5.74) is 4.25. The number of nitrogens with one attached hydrogen (secondary N) is 1. The fourth-order valence-corrected chi connectivity index (χ4v) is 2.74. The number of aryl methyl sites for hydroxylation is 2. The number of nitrogens with zero attached hydrogens (tertiary/aromatic N) is 3. The molecule has 106 valence electrons. The van der Waals surface area contributed by atoms with Gasteiger partial charge in [-0.2, -0.15) is 0 Å². The third kappa shape index (κ3) is 3.14. The third-order valence-corrected chi connectivity index (χ3v) is 3.95. The second-order valence-electron chi connectivity index (χ2n) is 4.65. The molecule has 0 aliphatic heterocycles. The molecule has 0 saturated heterocycles. The molecule has 0 aromatic carbocycles. The molecule has 0 atom stereocenters. The molecule has 0 fully saturated rings. The molecule has 5 nitrogen and oxygen atoms in total. The first-order valence-corrected chi connectivity index (χ1v) is 7.20. The molecular weight excluding hydrogens is 272 g/mol. The Kier molecular flexibility index (Phi) is 4.34. The number of hydrogen-bond donors (Lipinski definition) is 1. The van der Waals surface area contributed by atoms with Crippen molar-refractivity contribution in [1.82, 2.24) is 14.9 Å². The monoisotopic (exact) mass is 290 g/mol. The van der Waals surface area contributed by atoms with Crippen LogP contribution in [0, 0.1) is 13.8 Å². The van der Waals surface area contributed by atoms with Gasteiger partial charge in [0.05, 0.1) is 17.7 Å². The second-order valence-corrected chi connectivity index (χ2v) is 5.59. The number of carbonyl (C=O) groups excluding carboxylic acids is 1. The van der Waals surface area contributed by atoms with E-state index in [1.807, 2.05) is 13.8 Å². The average Bonchev–Trinajstić information content (AvgIpc) is 2.82. The summed E-state index contributed by atoms with van der Waals surface area (Å²) in [6.07, 6.45) is 0. The van der Waals surface area contributed by atoms with Crippen molar-refractivity contribution in [3.8, 4) is 0 Å². The zero-order valence-electron chi connectivity index (χ0n) is 12.1. The van der Waals surface area contributed by atoms with Crippen molar-refractivity contribution in [3.63, 3.8) is 0 Å². The van der Waals surface area contributed by atoms with Gasteiger partial charge in [0.15, 0.2) is 0 Å². The van der Waals surface area contributed by atoms with Crippen LogP contribution in [0.4, 0.5) is 5.82 Å². The van der Waals surface area contributed by atoms with E-state index in [1.54, 1.807) is 48.0 Å². The largest absolute Gasteiger partial charge is 0.373 e. The lowest BCUT2D eigenvalue weighted by Crippen LogP contribution is -2.26. The molecule has 0 spiro atoms. The van der Waals surface area contributed by atoms with Crippen LogP contribution in [0.5, 0.6) is 0 Å². The van der Waals surface area contributed by atoms with Crippen LogP contribution in [0.3, 0.4) is 0 Å². The minimum absolute atomic E-state index is 0.0141. The van der Waals surface area contributed by atoms with Crippen LogP contribution >= 0.6 is 11.3 Å². The first kappa shape index (κ1) is 14.5. The van der Waals surface area contributed by atoms with E-state index in [0.29, 0.717) is 17.9 Å².